The standard InChI is InChI=1S/C7H5ClN2/c1-5-7(8)3-2-6(4-9)10-5/h2-3H,1H3. The molecule has 1 heterocycles. The Balaban J connectivity index is 3.20. The number of aryl methyl sites for hydroxylation is 1. The second kappa shape index (κ2) is 2.68. The summed E-state index contributed by atoms with van der Waals surface area (Å²) in [5.74, 6) is 0. The van der Waals surface area contributed by atoms with Crippen molar-refractivity contribution in [3.63, 3.8) is 0 Å². The Hall–Kier alpha value is -1.07. The van der Waals surface area contributed by atoms with Crippen LogP contribution >= 0.6 is 11.6 Å². The van der Waals surface area contributed by atoms with Gasteiger partial charge < -0.3 is 0 Å². The van der Waals surface area contributed by atoms with Crippen molar-refractivity contribution in [2.24, 2.45) is 0 Å². The van der Waals surface area contributed by atoms with E-state index >= 15 is 0 Å². The van der Waals surface area contributed by atoms with Gasteiger partial charge in [0, 0.05) is 0 Å². The lowest BCUT2D eigenvalue weighted by Crippen LogP contribution is -1.85. The van der Waals surface area contributed by atoms with Crippen molar-refractivity contribution >= 4 is 11.6 Å². The van der Waals surface area contributed by atoms with Crippen molar-refractivity contribution in [2.45, 2.75) is 6.92 Å². The van der Waals surface area contributed by atoms with Gasteiger partial charge in [-0.2, -0.15) is 5.26 Å². The Morgan fingerprint density at radius 1 is 1.60 bits per heavy atom. The maximum Gasteiger partial charge on any atom is 0.140 e. The minimum absolute atomic E-state index is 0.405. The number of halogens is 1. The minimum atomic E-state index is 0.405. The smallest absolute Gasteiger partial charge is 0.140 e. The van der Waals surface area contributed by atoms with E-state index in [9.17, 15) is 0 Å². The molecule has 0 unspecified atom stereocenters. The number of hydrogen-bond donors (Lipinski definition) is 0. The van der Waals surface area contributed by atoms with Crippen molar-refractivity contribution in [3.8, 4) is 6.07 Å². The zero-order valence-electron chi connectivity index (χ0n) is 5.43. The van der Waals surface area contributed by atoms with Gasteiger partial charge in [-0.15, -0.1) is 0 Å². The van der Waals surface area contributed by atoms with E-state index in [-0.39, 0.29) is 0 Å². The van der Waals surface area contributed by atoms with Crippen molar-refractivity contribution < 1.29 is 0 Å². The first-order chi connectivity index (χ1) is 4.74. The number of nitriles is 1. The predicted molar refractivity (Wildman–Crippen MR) is 38.7 cm³/mol. The molecule has 0 saturated heterocycles. The minimum Gasteiger partial charge on any atom is -0.241 e. The van der Waals surface area contributed by atoms with Gasteiger partial charge in [-0.25, -0.2) is 4.98 Å². The zero-order valence-corrected chi connectivity index (χ0v) is 6.18. The van der Waals surface area contributed by atoms with Gasteiger partial charge in [-0.3, -0.25) is 0 Å². The van der Waals surface area contributed by atoms with Gasteiger partial charge in [-0.05, 0) is 19.1 Å². The molecule has 1 aromatic heterocycles. The summed E-state index contributed by atoms with van der Waals surface area (Å²) >= 11 is 5.67. The zero-order chi connectivity index (χ0) is 7.56. The van der Waals surface area contributed by atoms with Crippen LogP contribution in [0.4, 0.5) is 0 Å². The Kier molecular flexibility index (Phi) is 1.88. The largest absolute Gasteiger partial charge is 0.241 e. The fourth-order valence-corrected chi connectivity index (χ4v) is 0.712. The number of hydrogen-bond acceptors (Lipinski definition) is 2. The summed E-state index contributed by atoms with van der Waals surface area (Å²) in [5, 5.41) is 8.99. The lowest BCUT2D eigenvalue weighted by atomic mass is 10.3. The Morgan fingerprint density at radius 2 is 2.30 bits per heavy atom. The Labute approximate surface area is 64.1 Å². The molecule has 3 heteroatoms. The molecule has 0 atom stereocenters. The predicted octanol–water partition coefficient (Wildman–Crippen LogP) is 1.92. The van der Waals surface area contributed by atoms with Gasteiger partial charge in [0.1, 0.15) is 11.8 Å². The Morgan fingerprint density at radius 3 is 2.80 bits per heavy atom. The summed E-state index contributed by atoms with van der Waals surface area (Å²) in [6.45, 7) is 1.77. The number of aromatic nitrogens is 1. The molecule has 0 amide bonds. The normalized spacial score (nSPS) is 8.90. The molecule has 0 aliphatic carbocycles. The molecular weight excluding hydrogens is 148 g/mol. The van der Waals surface area contributed by atoms with E-state index < -0.39 is 0 Å². The third-order valence-electron chi connectivity index (χ3n) is 1.14. The maximum atomic E-state index is 8.40. The molecule has 0 aromatic carbocycles. The molecule has 0 radical (unpaired) electrons. The summed E-state index contributed by atoms with van der Waals surface area (Å²) in [4.78, 5) is 3.90. The van der Waals surface area contributed by atoms with Crippen molar-refractivity contribution in [1.29, 1.82) is 5.26 Å². The van der Waals surface area contributed by atoms with Gasteiger partial charge >= 0.3 is 0 Å². The summed E-state index contributed by atoms with van der Waals surface area (Å²) in [6.07, 6.45) is 0. The summed E-state index contributed by atoms with van der Waals surface area (Å²) in [6, 6.07) is 5.19. The van der Waals surface area contributed by atoms with Crippen LogP contribution in [0.2, 0.25) is 5.02 Å². The highest BCUT2D eigenvalue weighted by molar-refractivity contribution is 6.31. The van der Waals surface area contributed by atoms with Crippen molar-refractivity contribution in [3.05, 3.63) is 28.5 Å². The second-order valence-electron chi connectivity index (χ2n) is 1.88. The number of pyridine rings is 1. The average molecular weight is 153 g/mol. The molecule has 0 spiro atoms. The van der Waals surface area contributed by atoms with Crippen LogP contribution in [0, 0.1) is 18.3 Å². The fraction of sp³-hybridized carbons (Fsp3) is 0.143. The molecule has 10 heavy (non-hydrogen) atoms. The summed E-state index contributed by atoms with van der Waals surface area (Å²) in [7, 11) is 0. The SMILES string of the molecule is Cc1nc(C#N)ccc1Cl. The van der Waals surface area contributed by atoms with Crippen LogP contribution in [0.3, 0.4) is 0 Å². The van der Waals surface area contributed by atoms with Crippen LogP contribution in [0.25, 0.3) is 0 Å². The molecule has 1 rings (SSSR count). The van der Waals surface area contributed by atoms with Gasteiger partial charge in [0.05, 0.1) is 10.7 Å². The molecule has 0 aliphatic rings. The summed E-state index contributed by atoms with van der Waals surface area (Å²) in [5.41, 5.74) is 1.10. The molecular formula is C7H5ClN2. The molecule has 2 nitrogen and oxygen atoms in total. The van der Waals surface area contributed by atoms with E-state index in [1.54, 1.807) is 19.1 Å². The van der Waals surface area contributed by atoms with Gasteiger partial charge in [0.25, 0.3) is 0 Å². The quantitative estimate of drug-likeness (QED) is 0.570. The highest BCUT2D eigenvalue weighted by atomic mass is 35.5. The second-order valence-corrected chi connectivity index (χ2v) is 2.28. The molecule has 0 saturated carbocycles. The number of nitrogens with zero attached hydrogens (tertiary/aromatic N) is 2. The average Bonchev–Trinajstić information content (AvgIpc) is 1.95. The third-order valence-corrected chi connectivity index (χ3v) is 1.54. The van der Waals surface area contributed by atoms with E-state index in [2.05, 4.69) is 4.98 Å². The lowest BCUT2D eigenvalue weighted by Gasteiger charge is -1.93. The Bertz CT molecular complexity index is 288. The van der Waals surface area contributed by atoms with Crippen LogP contribution in [-0.2, 0) is 0 Å². The highest BCUT2D eigenvalue weighted by Crippen LogP contribution is 2.11. The first kappa shape index (κ1) is 7.04. The molecule has 0 bridgehead atoms. The first-order valence-corrected chi connectivity index (χ1v) is 3.15. The highest BCUT2D eigenvalue weighted by Gasteiger charge is 1.96. The van der Waals surface area contributed by atoms with Crippen molar-refractivity contribution in [2.75, 3.05) is 0 Å². The van der Waals surface area contributed by atoms with E-state index in [0.717, 1.165) is 0 Å². The molecule has 0 aliphatic heterocycles. The van der Waals surface area contributed by atoms with Crippen LogP contribution in [0.15, 0.2) is 12.1 Å². The van der Waals surface area contributed by atoms with E-state index in [0.29, 0.717) is 16.4 Å². The van der Waals surface area contributed by atoms with Crippen molar-refractivity contribution in [1.82, 2.24) is 4.98 Å². The third kappa shape index (κ3) is 1.26. The van der Waals surface area contributed by atoms with Gasteiger partial charge in [0.2, 0.25) is 0 Å². The first-order valence-electron chi connectivity index (χ1n) is 2.77. The van der Waals surface area contributed by atoms with Crippen LogP contribution in [0.1, 0.15) is 11.4 Å². The molecule has 1 aromatic rings. The summed E-state index contributed by atoms with van der Waals surface area (Å²) < 4.78 is 0. The molecule has 0 N–H and O–H groups in total. The van der Waals surface area contributed by atoms with Crippen LogP contribution < -0.4 is 0 Å². The molecule has 50 valence electrons. The fourth-order valence-electron chi connectivity index (χ4n) is 0.606. The van der Waals surface area contributed by atoms with E-state index in [4.69, 9.17) is 16.9 Å². The monoisotopic (exact) mass is 152 g/mol. The topological polar surface area (TPSA) is 36.7 Å². The van der Waals surface area contributed by atoms with E-state index in [1.807, 2.05) is 6.07 Å². The van der Waals surface area contributed by atoms with E-state index in [1.165, 1.54) is 0 Å². The molecule has 0 fully saturated rings. The number of rotatable bonds is 0. The maximum absolute atomic E-state index is 8.40. The lowest BCUT2D eigenvalue weighted by molar-refractivity contribution is 1.17. The van der Waals surface area contributed by atoms with Crippen LogP contribution in [-0.4, -0.2) is 4.98 Å². The van der Waals surface area contributed by atoms with Crippen LogP contribution in [0.5, 0.6) is 0 Å². The van der Waals surface area contributed by atoms with Gasteiger partial charge in [-0.1, -0.05) is 11.6 Å². The van der Waals surface area contributed by atoms with Gasteiger partial charge in [0.15, 0.2) is 0 Å².